The van der Waals surface area contributed by atoms with Gasteiger partial charge in [0.2, 0.25) is 5.13 Å². The molecule has 1 fully saturated rings. The molecule has 0 bridgehead atoms. The molecular weight excluding hydrogens is 300 g/mol. The Balaban J connectivity index is 1.74. The fourth-order valence-corrected chi connectivity index (χ4v) is 2.70. The number of aromatic nitrogens is 3. The van der Waals surface area contributed by atoms with Gasteiger partial charge in [0.1, 0.15) is 11.3 Å². The predicted molar refractivity (Wildman–Crippen MR) is 75.8 cm³/mol. The van der Waals surface area contributed by atoms with E-state index in [9.17, 15) is 4.79 Å². The zero-order valence-corrected chi connectivity index (χ0v) is 11.9. The van der Waals surface area contributed by atoms with Crippen molar-refractivity contribution in [3.8, 4) is 11.4 Å². The third kappa shape index (κ3) is 2.79. The number of amides is 1. The second kappa shape index (κ2) is 5.82. The van der Waals surface area contributed by atoms with Crippen molar-refractivity contribution < 1.29 is 9.53 Å². The second-order valence-electron chi connectivity index (χ2n) is 4.26. The molecule has 1 amide bonds. The first kappa shape index (κ1) is 13.4. The number of anilines is 1. The van der Waals surface area contributed by atoms with E-state index in [4.69, 9.17) is 16.3 Å². The first-order valence-electron chi connectivity index (χ1n) is 6.11. The number of halogens is 1. The van der Waals surface area contributed by atoms with Gasteiger partial charge in [-0.05, 0) is 25.0 Å². The van der Waals surface area contributed by atoms with Crippen molar-refractivity contribution in [2.75, 3.05) is 11.9 Å². The maximum Gasteiger partial charge on any atom is 0.255 e. The summed E-state index contributed by atoms with van der Waals surface area (Å²) in [5.74, 6) is 0.276. The fraction of sp³-hybridized carbons (Fsp3) is 0.333. The number of nitrogens with zero attached hydrogens (tertiary/aromatic N) is 3. The summed E-state index contributed by atoms with van der Waals surface area (Å²) in [4.78, 5) is 20.1. The van der Waals surface area contributed by atoms with Crippen molar-refractivity contribution >= 4 is 34.2 Å². The van der Waals surface area contributed by atoms with Crippen LogP contribution in [-0.2, 0) is 9.53 Å². The summed E-state index contributed by atoms with van der Waals surface area (Å²) < 4.78 is 9.49. The molecule has 20 heavy (non-hydrogen) atoms. The van der Waals surface area contributed by atoms with Gasteiger partial charge in [-0.1, -0.05) is 11.6 Å². The van der Waals surface area contributed by atoms with Crippen molar-refractivity contribution in [2.45, 2.75) is 18.9 Å². The Bertz CT molecular complexity index is 627. The van der Waals surface area contributed by atoms with Crippen molar-refractivity contribution in [2.24, 2.45) is 0 Å². The molecule has 0 saturated carbocycles. The lowest BCUT2D eigenvalue weighted by Crippen LogP contribution is -2.26. The molecule has 0 aromatic carbocycles. The van der Waals surface area contributed by atoms with Crippen LogP contribution in [0.4, 0.5) is 5.13 Å². The molecule has 1 aliphatic heterocycles. The van der Waals surface area contributed by atoms with Gasteiger partial charge in [-0.15, -0.1) is 0 Å². The highest BCUT2D eigenvalue weighted by molar-refractivity contribution is 7.10. The average Bonchev–Trinajstić information content (AvgIpc) is 3.10. The molecule has 1 aliphatic rings. The molecule has 0 aliphatic carbocycles. The van der Waals surface area contributed by atoms with Gasteiger partial charge < -0.3 is 4.74 Å². The summed E-state index contributed by atoms with van der Waals surface area (Å²) in [6.07, 6.45) is 2.86. The highest BCUT2D eigenvalue weighted by Crippen LogP contribution is 2.26. The zero-order chi connectivity index (χ0) is 13.9. The van der Waals surface area contributed by atoms with Crippen molar-refractivity contribution in [3.05, 3.63) is 23.5 Å². The number of pyridine rings is 1. The smallest absolute Gasteiger partial charge is 0.255 e. The van der Waals surface area contributed by atoms with Gasteiger partial charge in [0.05, 0.1) is 5.56 Å². The van der Waals surface area contributed by atoms with E-state index in [0.717, 1.165) is 24.4 Å². The quantitative estimate of drug-likeness (QED) is 0.881. The van der Waals surface area contributed by atoms with Crippen LogP contribution in [0.25, 0.3) is 11.4 Å². The highest BCUT2D eigenvalue weighted by atomic mass is 35.5. The van der Waals surface area contributed by atoms with E-state index >= 15 is 0 Å². The van der Waals surface area contributed by atoms with Gasteiger partial charge in [-0.2, -0.15) is 9.36 Å². The summed E-state index contributed by atoms with van der Waals surface area (Å²) in [5.41, 5.74) is 0.642. The van der Waals surface area contributed by atoms with Crippen molar-refractivity contribution in [1.82, 2.24) is 14.3 Å². The summed E-state index contributed by atoms with van der Waals surface area (Å²) in [6.45, 7) is 0.630. The van der Waals surface area contributed by atoms with Gasteiger partial charge in [0.25, 0.3) is 5.91 Å². The average molecular weight is 311 g/mol. The van der Waals surface area contributed by atoms with Crippen molar-refractivity contribution in [3.63, 3.8) is 0 Å². The minimum absolute atomic E-state index is 0.178. The molecule has 3 rings (SSSR count). The van der Waals surface area contributed by atoms with Crippen LogP contribution in [0.3, 0.4) is 0 Å². The van der Waals surface area contributed by atoms with Gasteiger partial charge in [-0.3, -0.25) is 10.1 Å². The van der Waals surface area contributed by atoms with E-state index in [1.165, 1.54) is 0 Å². The van der Waals surface area contributed by atoms with Crippen molar-refractivity contribution in [1.29, 1.82) is 0 Å². The van der Waals surface area contributed by atoms with E-state index in [2.05, 4.69) is 19.7 Å². The summed E-state index contributed by atoms with van der Waals surface area (Å²) >= 11 is 7.09. The normalized spacial score (nSPS) is 18.1. The Morgan fingerprint density at radius 2 is 2.45 bits per heavy atom. The molecule has 3 heterocycles. The SMILES string of the molecule is O=C(Nc1nc(-c2cccnc2Cl)ns1)C1CCCO1. The van der Waals surface area contributed by atoms with E-state index in [1.54, 1.807) is 18.3 Å². The molecule has 2 aromatic rings. The third-order valence-electron chi connectivity index (χ3n) is 2.88. The van der Waals surface area contributed by atoms with E-state index in [-0.39, 0.29) is 12.0 Å². The number of hydrogen-bond donors (Lipinski definition) is 1. The largest absolute Gasteiger partial charge is 0.368 e. The molecule has 104 valence electrons. The third-order valence-corrected chi connectivity index (χ3v) is 3.81. The second-order valence-corrected chi connectivity index (χ2v) is 5.37. The van der Waals surface area contributed by atoms with E-state index in [1.807, 2.05) is 0 Å². The maximum absolute atomic E-state index is 11.9. The number of hydrogen-bond acceptors (Lipinski definition) is 6. The lowest BCUT2D eigenvalue weighted by atomic mass is 10.2. The van der Waals surface area contributed by atoms with Gasteiger partial charge in [0, 0.05) is 24.3 Å². The Kier molecular flexibility index (Phi) is 3.90. The molecule has 0 spiro atoms. The Hall–Kier alpha value is -1.57. The van der Waals surface area contributed by atoms with Gasteiger partial charge >= 0.3 is 0 Å². The van der Waals surface area contributed by atoms with Crippen LogP contribution in [0.2, 0.25) is 5.15 Å². The molecule has 1 atom stereocenters. The number of rotatable bonds is 3. The lowest BCUT2D eigenvalue weighted by Gasteiger charge is -2.07. The summed E-state index contributed by atoms with van der Waals surface area (Å²) in [5, 5.41) is 3.48. The Morgan fingerprint density at radius 3 is 3.20 bits per heavy atom. The molecule has 2 aromatic heterocycles. The fourth-order valence-electron chi connectivity index (χ4n) is 1.91. The summed E-state index contributed by atoms with van der Waals surface area (Å²) in [6, 6.07) is 3.54. The molecule has 0 radical (unpaired) electrons. The number of nitrogens with one attached hydrogen (secondary N) is 1. The zero-order valence-electron chi connectivity index (χ0n) is 10.4. The van der Waals surface area contributed by atoms with Crippen LogP contribution in [0, 0.1) is 0 Å². The van der Waals surface area contributed by atoms with Crippen LogP contribution in [0.1, 0.15) is 12.8 Å². The highest BCUT2D eigenvalue weighted by Gasteiger charge is 2.24. The van der Waals surface area contributed by atoms with E-state index < -0.39 is 0 Å². The lowest BCUT2D eigenvalue weighted by molar-refractivity contribution is -0.124. The minimum Gasteiger partial charge on any atom is -0.368 e. The topological polar surface area (TPSA) is 77.0 Å². The monoisotopic (exact) mass is 310 g/mol. The first-order chi connectivity index (χ1) is 9.74. The Labute approximate surface area is 124 Å². The van der Waals surface area contributed by atoms with Crippen LogP contribution in [0.15, 0.2) is 18.3 Å². The predicted octanol–water partition coefficient (Wildman–Crippen LogP) is 2.37. The van der Waals surface area contributed by atoms with Gasteiger partial charge in [-0.25, -0.2) is 4.98 Å². The number of carbonyl (C=O) groups excluding carboxylic acids is 1. The summed E-state index contributed by atoms with van der Waals surface area (Å²) in [7, 11) is 0. The van der Waals surface area contributed by atoms with Crippen LogP contribution in [-0.4, -0.2) is 33.0 Å². The standard InChI is InChI=1S/C12H11ClN4O2S/c13-9-7(3-1-5-14-9)10-15-12(20-17-10)16-11(18)8-4-2-6-19-8/h1,3,5,8H,2,4,6H2,(H,15,16,17,18). The minimum atomic E-state index is -0.385. The van der Waals surface area contributed by atoms with Crippen LogP contribution in [0.5, 0.6) is 0 Å². The molecule has 6 nitrogen and oxygen atoms in total. The molecular formula is C12H11ClN4O2S. The first-order valence-corrected chi connectivity index (χ1v) is 7.26. The number of ether oxygens (including phenoxy) is 1. The molecule has 1 N–H and O–H groups in total. The molecule has 1 unspecified atom stereocenters. The van der Waals surface area contributed by atoms with Crippen LogP contribution < -0.4 is 5.32 Å². The van der Waals surface area contributed by atoms with Gasteiger partial charge in [0.15, 0.2) is 5.82 Å². The van der Waals surface area contributed by atoms with Crippen LogP contribution >= 0.6 is 23.1 Å². The maximum atomic E-state index is 11.9. The number of carbonyl (C=O) groups is 1. The van der Waals surface area contributed by atoms with E-state index in [0.29, 0.717) is 28.3 Å². The Morgan fingerprint density at radius 1 is 1.55 bits per heavy atom. The molecule has 1 saturated heterocycles. The molecule has 8 heteroatoms.